The molecule has 5 heteroatoms. The van der Waals surface area contributed by atoms with Crippen LogP contribution in [-0.2, 0) is 22.6 Å². The number of benzene rings is 2. The molecule has 1 amide bonds. The average Bonchev–Trinajstić information content (AvgIpc) is 2.99. The number of likely N-dealkylation sites (N-methyl/N-ethyl adjacent to an activating group) is 1. The molecule has 126 valence electrons. The predicted octanol–water partition coefficient (Wildman–Crippen LogP) is 3.88. The number of fused-ring (bicyclic) bond motifs is 1. The Hall–Kier alpha value is -2.04. The zero-order valence-electron chi connectivity index (χ0n) is 13.7. The molecule has 4 nitrogen and oxygen atoms in total. The second-order valence-electron chi connectivity index (χ2n) is 5.81. The number of nitrogens with zero attached hydrogens (tertiary/aromatic N) is 1. The van der Waals surface area contributed by atoms with Crippen LogP contribution in [0.15, 0.2) is 42.5 Å². The lowest BCUT2D eigenvalue weighted by atomic mass is 10.1. The molecule has 0 unspecified atom stereocenters. The molecule has 0 saturated heterocycles. The minimum atomic E-state index is -0.164. The third-order valence-corrected chi connectivity index (χ3v) is 4.56. The van der Waals surface area contributed by atoms with Crippen molar-refractivity contribution in [3.63, 3.8) is 0 Å². The maximum absolute atomic E-state index is 12.1. The molecule has 0 aromatic heterocycles. The van der Waals surface area contributed by atoms with Gasteiger partial charge in [0, 0.05) is 29.5 Å². The van der Waals surface area contributed by atoms with Crippen LogP contribution < -0.4 is 10.2 Å². The fourth-order valence-corrected chi connectivity index (χ4v) is 3.11. The number of ether oxygens (including phenoxy) is 1. The summed E-state index contributed by atoms with van der Waals surface area (Å²) in [6.45, 7) is 4.49. The third kappa shape index (κ3) is 3.89. The summed E-state index contributed by atoms with van der Waals surface area (Å²) in [5, 5.41) is 3.54. The summed E-state index contributed by atoms with van der Waals surface area (Å²) in [6, 6.07) is 13.5. The molecular weight excluding hydrogens is 324 g/mol. The highest BCUT2D eigenvalue weighted by molar-refractivity contribution is 6.31. The van der Waals surface area contributed by atoms with Gasteiger partial charge in [0.05, 0.1) is 6.61 Å². The van der Waals surface area contributed by atoms with Gasteiger partial charge in [-0.05, 0) is 42.7 Å². The van der Waals surface area contributed by atoms with Crippen LogP contribution in [0.5, 0.6) is 0 Å². The molecule has 3 rings (SSSR count). The number of carbonyl (C=O) groups is 1. The second kappa shape index (κ2) is 7.69. The van der Waals surface area contributed by atoms with Gasteiger partial charge in [-0.2, -0.15) is 0 Å². The van der Waals surface area contributed by atoms with E-state index >= 15 is 0 Å². The van der Waals surface area contributed by atoms with Crippen molar-refractivity contribution in [2.24, 2.45) is 0 Å². The van der Waals surface area contributed by atoms with Crippen molar-refractivity contribution in [2.75, 3.05) is 29.9 Å². The fraction of sp³-hybridized carbons (Fsp3) is 0.316. The number of rotatable bonds is 6. The fourth-order valence-electron chi connectivity index (χ4n) is 2.92. The summed E-state index contributed by atoms with van der Waals surface area (Å²) in [5.74, 6) is -0.164. The monoisotopic (exact) mass is 344 g/mol. The van der Waals surface area contributed by atoms with E-state index in [1.54, 1.807) is 0 Å². The minimum Gasteiger partial charge on any atom is -0.371 e. The Kier molecular flexibility index (Phi) is 5.38. The number of anilines is 2. The molecule has 0 aliphatic carbocycles. The van der Waals surface area contributed by atoms with E-state index < -0.39 is 0 Å². The van der Waals surface area contributed by atoms with Gasteiger partial charge in [-0.15, -0.1) is 0 Å². The molecule has 1 aliphatic rings. The number of halogens is 1. The quantitative estimate of drug-likeness (QED) is 0.864. The lowest BCUT2D eigenvalue weighted by molar-refractivity contribution is -0.121. The molecule has 0 spiro atoms. The highest BCUT2D eigenvalue weighted by Crippen LogP contribution is 2.30. The molecular formula is C19H21ClN2O2. The zero-order valence-corrected chi connectivity index (χ0v) is 14.5. The molecule has 2 aromatic carbocycles. The lowest BCUT2D eigenvalue weighted by Gasteiger charge is -2.17. The standard InChI is InChI=1S/C19H21ClN2O2/c1-2-22-10-9-14-7-8-16(11-18(14)22)21-19(23)13-24-12-15-5-3-4-6-17(15)20/h3-8,11H,2,9-10,12-13H2,1H3,(H,21,23). The predicted molar refractivity (Wildman–Crippen MR) is 97.8 cm³/mol. The van der Waals surface area contributed by atoms with Crippen molar-refractivity contribution in [1.82, 2.24) is 0 Å². The molecule has 1 heterocycles. The van der Waals surface area contributed by atoms with Crippen LogP contribution in [0.1, 0.15) is 18.1 Å². The number of hydrogen-bond donors (Lipinski definition) is 1. The Labute approximate surface area is 147 Å². The normalized spacial score (nSPS) is 13.0. The van der Waals surface area contributed by atoms with Gasteiger partial charge >= 0.3 is 0 Å². The lowest BCUT2D eigenvalue weighted by Crippen LogP contribution is -2.20. The Bertz CT molecular complexity index is 733. The SMILES string of the molecule is CCN1CCc2ccc(NC(=O)COCc3ccccc3Cl)cc21. The average molecular weight is 345 g/mol. The van der Waals surface area contributed by atoms with Crippen LogP contribution >= 0.6 is 11.6 Å². The van der Waals surface area contributed by atoms with Crippen LogP contribution in [-0.4, -0.2) is 25.6 Å². The summed E-state index contributed by atoms with van der Waals surface area (Å²) in [6.07, 6.45) is 1.07. The Morgan fingerprint density at radius 1 is 1.29 bits per heavy atom. The van der Waals surface area contributed by atoms with E-state index in [4.69, 9.17) is 16.3 Å². The maximum atomic E-state index is 12.1. The summed E-state index contributed by atoms with van der Waals surface area (Å²) < 4.78 is 5.46. The van der Waals surface area contributed by atoms with Gasteiger partial charge in [0.25, 0.3) is 0 Å². The molecule has 1 aliphatic heterocycles. The van der Waals surface area contributed by atoms with Gasteiger partial charge in [-0.1, -0.05) is 35.9 Å². The Morgan fingerprint density at radius 2 is 2.12 bits per heavy atom. The van der Waals surface area contributed by atoms with E-state index in [-0.39, 0.29) is 12.5 Å². The van der Waals surface area contributed by atoms with Gasteiger partial charge in [-0.3, -0.25) is 4.79 Å². The van der Waals surface area contributed by atoms with Crippen LogP contribution in [0.4, 0.5) is 11.4 Å². The number of nitrogens with one attached hydrogen (secondary N) is 1. The number of hydrogen-bond acceptors (Lipinski definition) is 3. The van der Waals surface area contributed by atoms with Gasteiger partial charge in [0.1, 0.15) is 6.61 Å². The van der Waals surface area contributed by atoms with Gasteiger partial charge in [-0.25, -0.2) is 0 Å². The third-order valence-electron chi connectivity index (χ3n) is 4.19. The van der Waals surface area contributed by atoms with E-state index in [9.17, 15) is 4.79 Å². The number of amides is 1. The maximum Gasteiger partial charge on any atom is 0.250 e. The van der Waals surface area contributed by atoms with Crippen molar-refractivity contribution in [1.29, 1.82) is 0 Å². The molecule has 24 heavy (non-hydrogen) atoms. The molecule has 1 N–H and O–H groups in total. The summed E-state index contributed by atoms with van der Waals surface area (Å²) in [5.41, 5.74) is 4.24. The van der Waals surface area contributed by atoms with Crippen molar-refractivity contribution in [2.45, 2.75) is 20.0 Å². The van der Waals surface area contributed by atoms with Gasteiger partial charge in [0.15, 0.2) is 0 Å². The Morgan fingerprint density at radius 3 is 2.92 bits per heavy atom. The van der Waals surface area contributed by atoms with E-state index in [2.05, 4.69) is 23.2 Å². The highest BCUT2D eigenvalue weighted by Gasteiger charge is 2.18. The van der Waals surface area contributed by atoms with Crippen LogP contribution in [0.3, 0.4) is 0 Å². The smallest absolute Gasteiger partial charge is 0.250 e. The molecule has 0 fully saturated rings. The first-order valence-corrected chi connectivity index (χ1v) is 8.54. The summed E-state index contributed by atoms with van der Waals surface area (Å²) in [7, 11) is 0. The minimum absolute atomic E-state index is 0.000198. The molecule has 0 bridgehead atoms. The first kappa shape index (κ1) is 16.8. The molecule has 0 atom stereocenters. The summed E-state index contributed by atoms with van der Waals surface area (Å²) in [4.78, 5) is 14.4. The van der Waals surface area contributed by atoms with Crippen molar-refractivity contribution >= 4 is 28.9 Å². The second-order valence-corrected chi connectivity index (χ2v) is 6.21. The summed E-state index contributed by atoms with van der Waals surface area (Å²) >= 11 is 6.07. The van der Waals surface area contributed by atoms with E-state index in [1.165, 1.54) is 11.3 Å². The van der Waals surface area contributed by atoms with Crippen LogP contribution in [0.2, 0.25) is 5.02 Å². The van der Waals surface area contributed by atoms with E-state index in [1.807, 2.05) is 36.4 Å². The molecule has 0 radical (unpaired) electrons. The van der Waals surface area contributed by atoms with Crippen LogP contribution in [0.25, 0.3) is 0 Å². The highest BCUT2D eigenvalue weighted by atomic mass is 35.5. The Balaban J connectivity index is 1.53. The van der Waals surface area contributed by atoms with Gasteiger partial charge < -0.3 is 15.0 Å². The largest absolute Gasteiger partial charge is 0.371 e. The molecule has 0 saturated carbocycles. The van der Waals surface area contributed by atoms with E-state index in [0.717, 1.165) is 30.8 Å². The number of carbonyl (C=O) groups excluding carboxylic acids is 1. The van der Waals surface area contributed by atoms with E-state index in [0.29, 0.717) is 11.6 Å². The van der Waals surface area contributed by atoms with Crippen LogP contribution in [0, 0.1) is 0 Å². The first-order valence-electron chi connectivity index (χ1n) is 8.16. The molecule has 2 aromatic rings. The topological polar surface area (TPSA) is 41.6 Å². The van der Waals surface area contributed by atoms with Crippen molar-refractivity contribution < 1.29 is 9.53 Å². The zero-order chi connectivity index (χ0) is 16.9. The van der Waals surface area contributed by atoms with Gasteiger partial charge in [0.2, 0.25) is 5.91 Å². The van der Waals surface area contributed by atoms with Crippen molar-refractivity contribution in [3.05, 3.63) is 58.6 Å². The first-order chi connectivity index (χ1) is 11.7. The van der Waals surface area contributed by atoms with Crippen molar-refractivity contribution in [3.8, 4) is 0 Å².